The summed E-state index contributed by atoms with van der Waals surface area (Å²) in [5.74, 6) is -1.57. The molecule has 5 N–H and O–H groups in total. The van der Waals surface area contributed by atoms with Gasteiger partial charge in [0.15, 0.2) is 0 Å². The Kier molecular flexibility index (Phi) is 6.23. The van der Waals surface area contributed by atoms with Crippen LogP contribution in [0.25, 0.3) is 0 Å². The van der Waals surface area contributed by atoms with Crippen LogP contribution in [0.4, 0.5) is 4.79 Å². The van der Waals surface area contributed by atoms with Crippen LogP contribution in [-0.2, 0) is 14.3 Å². The van der Waals surface area contributed by atoms with E-state index >= 15 is 0 Å². The third-order valence-corrected chi connectivity index (χ3v) is 3.31. The molecule has 1 aliphatic rings. The van der Waals surface area contributed by atoms with Gasteiger partial charge < -0.3 is 26.2 Å². The van der Waals surface area contributed by atoms with E-state index in [9.17, 15) is 14.4 Å². The Bertz CT molecular complexity index is 368. The normalized spacial score (nSPS) is 20.9. The van der Waals surface area contributed by atoms with Gasteiger partial charge in [-0.3, -0.25) is 4.79 Å². The van der Waals surface area contributed by atoms with Gasteiger partial charge in [-0.2, -0.15) is 0 Å². The van der Waals surface area contributed by atoms with E-state index in [0.29, 0.717) is 13.2 Å². The number of aliphatic carboxylic acids is 1. The third kappa shape index (κ3) is 5.43. The molecule has 0 saturated carbocycles. The minimum absolute atomic E-state index is 0.0288. The van der Waals surface area contributed by atoms with Gasteiger partial charge in [0, 0.05) is 25.0 Å². The molecule has 0 aromatic carbocycles. The van der Waals surface area contributed by atoms with E-state index < -0.39 is 23.9 Å². The monoisotopic (exact) mass is 287 g/mol. The maximum Gasteiger partial charge on any atom is 0.326 e. The molecular formula is C12H21N3O5. The zero-order valence-electron chi connectivity index (χ0n) is 11.4. The fourth-order valence-corrected chi connectivity index (χ4v) is 2.02. The summed E-state index contributed by atoms with van der Waals surface area (Å²) in [6.07, 6.45) is 0.744. The molecule has 0 aromatic rings. The fourth-order valence-electron chi connectivity index (χ4n) is 2.02. The van der Waals surface area contributed by atoms with Gasteiger partial charge in [0.25, 0.3) is 0 Å². The van der Waals surface area contributed by atoms with E-state index in [4.69, 9.17) is 15.6 Å². The van der Waals surface area contributed by atoms with Gasteiger partial charge in [0.1, 0.15) is 6.04 Å². The Morgan fingerprint density at radius 2 is 2.10 bits per heavy atom. The zero-order chi connectivity index (χ0) is 15.1. The first-order valence-corrected chi connectivity index (χ1v) is 6.56. The fraction of sp³-hybridized carbons (Fsp3) is 0.750. The van der Waals surface area contributed by atoms with Crippen LogP contribution in [0.15, 0.2) is 0 Å². The maximum atomic E-state index is 11.7. The second-order valence-electron chi connectivity index (χ2n) is 4.93. The number of carbonyl (C=O) groups excluding carboxylic acids is 2. The van der Waals surface area contributed by atoms with Crippen molar-refractivity contribution in [3.05, 3.63) is 0 Å². The summed E-state index contributed by atoms with van der Waals surface area (Å²) in [7, 11) is 0. The largest absolute Gasteiger partial charge is 0.480 e. The van der Waals surface area contributed by atoms with Gasteiger partial charge in [-0.25, -0.2) is 9.59 Å². The van der Waals surface area contributed by atoms with Crippen molar-refractivity contribution in [1.82, 2.24) is 10.6 Å². The lowest BCUT2D eigenvalue weighted by Crippen LogP contribution is -2.50. The molecular weight excluding hydrogens is 266 g/mol. The molecule has 2 unspecified atom stereocenters. The SMILES string of the molecule is CC(NC(=O)N[C@@H](CCC(N)=O)C(=O)O)C1CCOC1. The highest BCUT2D eigenvalue weighted by molar-refractivity contribution is 5.83. The Balaban J connectivity index is 2.40. The predicted octanol–water partition coefficient (Wildman–Crippen LogP) is -0.571. The third-order valence-electron chi connectivity index (χ3n) is 3.31. The lowest BCUT2D eigenvalue weighted by atomic mass is 10.0. The van der Waals surface area contributed by atoms with Gasteiger partial charge in [0.2, 0.25) is 5.91 Å². The highest BCUT2D eigenvalue weighted by Crippen LogP contribution is 2.16. The van der Waals surface area contributed by atoms with Crippen molar-refractivity contribution in [2.45, 2.75) is 38.3 Å². The van der Waals surface area contributed by atoms with Gasteiger partial charge >= 0.3 is 12.0 Å². The van der Waals surface area contributed by atoms with Crippen LogP contribution in [0.3, 0.4) is 0 Å². The molecule has 8 nitrogen and oxygen atoms in total. The number of urea groups is 1. The molecule has 1 saturated heterocycles. The number of carbonyl (C=O) groups is 3. The highest BCUT2D eigenvalue weighted by atomic mass is 16.5. The molecule has 0 aliphatic carbocycles. The topological polar surface area (TPSA) is 131 Å². The Hall–Kier alpha value is -1.83. The van der Waals surface area contributed by atoms with Gasteiger partial charge in [-0.15, -0.1) is 0 Å². The summed E-state index contributed by atoms with van der Waals surface area (Å²) in [5, 5.41) is 14.0. The molecule has 0 spiro atoms. The summed E-state index contributed by atoms with van der Waals surface area (Å²) < 4.78 is 5.23. The van der Waals surface area contributed by atoms with E-state index in [2.05, 4.69) is 10.6 Å². The quantitative estimate of drug-likeness (QED) is 0.498. The molecule has 20 heavy (non-hydrogen) atoms. The lowest BCUT2D eigenvalue weighted by Gasteiger charge is -2.21. The molecule has 0 aromatic heterocycles. The number of primary amides is 1. The van der Waals surface area contributed by atoms with Crippen LogP contribution in [0, 0.1) is 5.92 Å². The summed E-state index contributed by atoms with van der Waals surface area (Å²) in [6, 6.07) is -1.81. The Morgan fingerprint density at radius 1 is 1.40 bits per heavy atom. The molecule has 8 heteroatoms. The number of amides is 3. The molecule has 3 amide bonds. The molecule has 1 rings (SSSR count). The number of hydrogen-bond donors (Lipinski definition) is 4. The zero-order valence-corrected chi connectivity index (χ0v) is 11.4. The van der Waals surface area contributed by atoms with Crippen molar-refractivity contribution in [3.63, 3.8) is 0 Å². The van der Waals surface area contributed by atoms with E-state index in [1.54, 1.807) is 0 Å². The van der Waals surface area contributed by atoms with Gasteiger partial charge in [0.05, 0.1) is 6.61 Å². The van der Waals surface area contributed by atoms with Crippen molar-refractivity contribution in [2.75, 3.05) is 13.2 Å². The first-order valence-electron chi connectivity index (χ1n) is 6.56. The van der Waals surface area contributed by atoms with Crippen molar-refractivity contribution in [2.24, 2.45) is 11.7 Å². The number of carboxylic acids is 1. The van der Waals surface area contributed by atoms with Crippen molar-refractivity contribution in [1.29, 1.82) is 0 Å². The van der Waals surface area contributed by atoms with E-state index in [1.807, 2.05) is 6.92 Å². The second kappa shape index (κ2) is 7.68. The molecule has 3 atom stereocenters. The number of ether oxygens (including phenoxy) is 1. The smallest absolute Gasteiger partial charge is 0.326 e. The summed E-state index contributed by atoms with van der Waals surface area (Å²) in [6.45, 7) is 3.11. The van der Waals surface area contributed by atoms with Gasteiger partial charge in [-0.1, -0.05) is 0 Å². The minimum Gasteiger partial charge on any atom is -0.480 e. The number of carboxylic acid groups (broad SMARTS) is 1. The average Bonchev–Trinajstić information content (AvgIpc) is 2.87. The maximum absolute atomic E-state index is 11.7. The Labute approximate surface area is 117 Å². The summed E-state index contributed by atoms with van der Waals surface area (Å²) in [4.78, 5) is 33.4. The second-order valence-corrected chi connectivity index (χ2v) is 4.93. The van der Waals surface area contributed by atoms with Crippen LogP contribution >= 0.6 is 0 Å². The average molecular weight is 287 g/mol. The van der Waals surface area contributed by atoms with Crippen LogP contribution in [0.1, 0.15) is 26.2 Å². The van der Waals surface area contributed by atoms with Crippen LogP contribution < -0.4 is 16.4 Å². The van der Waals surface area contributed by atoms with E-state index in [-0.39, 0.29) is 24.8 Å². The van der Waals surface area contributed by atoms with Crippen molar-refractivity contribution >= 4 is 17.9 Å². The molecule has 1 aliphatic heterocycles. The highest BCUT2D eigenvalue weighted by Gasteiger charge is 2.25. The first kappa shape index (κ1) is 16.2. The number of rotatable bonds is 7. The van der Waals surface area contributed by atoms with Crippen molar-refractivity contribution < 1.29 is 24.2 Å². The minimum atomic E-state index is -1.20. The lowest BCUT2D eigenvalue weighted by molar-refractivity contribution is -0.139. The molecule has 0 radical (unpaired) electrons. The molecule has 114 valence electrons. The van der Waals surface area contributed by atoms with Crippen molar-refractivity contribution in [3.8, 4) is 0 Å². The standard InChI is InChI=1S/C12H21N3O5/c1-7(8-4-5-20-6-8)14-12(19)15-9(11(17)18)2-3-10(13)16/h7-9H,2-6H2,1H3,(H2,13,16)(H,17,18)(H2,14,15,19)/t7?,8?,9-/m0/s1. The molecule has 0 bridgehead atoms. The summed E-state index contributed by atoms with van der Waals surface area (Å²) in [5.41, 5.74) is 4.96. The molecule has 1 heterocycles. The van der Waals surface area contributed by atoms with Crippen LogP contribution in [-0.4, -0.2) is 48.3 Å². The van der Waals surface area contributed by atoms with Crippen LogP contribution in [0.5, 0.6) is 0 Å². The number of nitrogens with two attached hydrogens (primary N) is 1. The van der Waals surface area contributed by atoms with E-state index in [1.165, 1.54) is 0 Å². The van der Waals surface area contributed by atoms with Crippen LogP contribution in [0.2, 0.25) is 0 Å². The van der Waals surface area contributed by atoms with Gasteiger partial charge in [-0.05, 0) is 19.8 Å². The predicted molar refractivity (Wildman–Crippen MR) is 69.9 cm³/mol. The number of hydrogen-bond acceptors (Lipinski definition) is 4. The Morgan fingerprint density at radius 3 is 2.60 bits per heavy atom. The van der Waals surface area contributed by atoms with E-state index in [0.717, 1.165) is 6.42 Å². The number of nitrogens with one attached hydrogen (secondary N) is 2. The summed E-state index contributed by atoms with van der Waals surface area (Å²) >= 11 is 0. The first-order chi connectivity index (χ1) is 9.40. The molecule has 1 fully saturated rings.